The van der Waals surface area contributed by atoms with Gasteiger partial charge in [0, 0.05) is 5.56 Å². The summed E-state index contributed by atoms with van der Waals surface area (Å²) in [5.74, 6) is -3.72. The second kappa shape index (κ2) is 7.82. The van der Waals surface area contributed by atoms with Gasteiger partial charge in [0.25, 0.3) is 5.60 Å². The number of aryl methyl sites for hydroxylation is 1. The zero-order valence-electron chi connectivity index (χ0n) is 13.2. The first-order valence-electron chi connectivity index (χ1n) is 7.12. The summed E-state index contributed by atoms with van der Waals surface area (Å²) in [7, 11) is 0. The molecule has 0 aliphatic heterocycles. The summed E-state index contributed by atoms with van der Waals surface area (Å²) in [5, 5.41) is 10.3. The Morgan fingerprint density at radius 1 is 1.13 bits per heavy atom. The van der Waals surface area contributed by atoms with Gasteiger partial charge in [-0.3, -0.25) is 4.79 Å². The molecule has 0 amide bonds. The van der Waals surface area contributed by atoms with Crippen molar-refractivity contribution in [1.29, 1.82) is 0 Å². The molecule has 0 aliphatic carbocycles. The minimum Gasteiger partial charge on any atom is -0.463 e. The van der Waals surface area contributed by atoms with Gasteiger partial charge in [0.15, 0.2) is 5.78 Å². The van der Waals surface area contributed by atoms with Crippen LogP contribution in [0, 0.1) is 12.7 Å². The highest BCUT2D eigenvalue weighted by Gasteiger charge is 2.49. The number of Topliss-reactive ketones (excluding diaryl/α,β-unsaturated/α-hetero) is 1. The molecule has 23 heavy (non-hydrogen) atoms. The number of aliphatic hydroxyl groups is 1. The molecule has 0 aromatic heterocycles. The average Bonchev–Trinajstić information content (AvgIpc) is 2.50. The molecule has 0 heterocycles. The maximum Gasteiger partial charge on any atom is 0.350 e. The Kier molecular flexibility index (Phi) is 6.38. The molecule has 0 atom stereocenters. The molecule has 0 saturated heterocycles. The maximum atomic E-state index is 13.2. The molecule has 1 N–H and O–H groups in total. The Hall–Kier alpha value is -2.28. The van der Waals surface area contributed by atoms with E-state index < -0.39 is 35.6 Å². The maximum absolute atomic E-state index is 13.2. The molecule has 0 unspecified atom stereocenters. The molecule has 0 fully saturated rings. The summed E-state index contributed by atoms with van der Waals surface area (Å²) in [5.41, 5.74) is -2.44. The van der Waals surface area contributed by atoms with E-state index >= 15 is 0 Å². The highest BCUT2D eigenvalue weighted by Crippen LogP contribution is 2.20. The number of ketones is 1. The number of rotatable bonds is 7. The van der Waals surface area contributed by atoms with Gasteiger partial charge in [-0.2, -0.15) is 0 Å². The van der Waals surface area contributed by atoms with Gasteiger partial charge in [0.2, 0.25) is 0 Å². The molecule has 1 aromatic carbocycles. The molecule has 0 saturated carbocycles. The van der Waals surface area contributed by atoms with Gasteiger partial charge < -0.3 is 14.6 Å². The second-order valence-electron chi connectivity index (χ2n) is 4.87. The number of halogens is 1. The summed E-state index contributed by atoms with van der Waals surface area (Å²) >= 11 is 0. The molecular formula is C16H19FO6. The lowest BCUT2D eigenvalue weighted by molar-refractivity contribution is -0.182. The number of esters is 2. The number of carbonyl (C=O) groups excluding carboxylic acids is 3. The van der Waals surface area contributed by atoms with E-state index in [1.165, 1.54) is 32.9 Å². The Bertz CT molecular complexity index is 593. The average molecular weight is 326 g/mol. The third kappa shape index (κ3) is 4.35. The second-order valence-corrected chi connectivity index (χ2v) is 4.87. The van der Waals surface area contributed by atoms with Crippen LogP contribution in [0.5, 0.6) is 0 Å². The van der Waals surface area contributed by atoms with E-state index in [0.29, 0.717) is 0 Å². The van der Waals surface area contributed by atoms with Gasteiger partial charge in [-0.05, 0) is 44.5 Å². The Morgan fingerprint density at radius 2 is 1.65 bits per heavy atom. The van der Waals surface area contributed by atoms with E-state index in [2.05, 4.69) is 9.47 Å². The Labute approximate surface area is 133 Å². The highest BCUT2D eigenvalue weighted by atomic mass is 19.1. The first-order valence-corrected chi connectivity index (χ1v) is 7.12. The van der Waals surface area contributed by atoms with Crippen LogP contribution in [0.2, 0.25) is 0 Å². The van der Waals surface area contributed by atoms with Gasteiger partial charge in [-0.15, -0.1) is 0 Å². The smallest absolute Gasteiger partial charge is 0.350 e. The number of benzene rings is 1. The quantitative estimate of drug-likeness (QED) is 0.465. The van der Waals surface area contributed by atoms with Crippen LogP contribution in [0.3, 0.4) is 0 Å². The number of ether oxygens (including phenoxy) is 2. The van der Waals surface area contributed by atoms with Crippen LogP contribution in [0.15, 0.2) is 18.2 Å². The molecular weight excluding hydrogens is 307 g/mol. The van der Waals surface area contributed by atoms with Crippen LogP contribution in [0.25, 0.3) is 0 Å². The van der Waals surface area contributed by atoms with Crippen LogP contribution in [-0.4, -0.2) is 41.6 Å². The van der Waals surface area contributed by atoms with Crippen LogP contribution in [0.4, 0.5) is 4.39 Å². The number of carbonyl (C=O) groups is 3. The molecule has 0 aliphatic rings. The summed E-state index contributed by atoms with van der Waals surface area (Å²) in [6.45, 7) is 4.30. The van der Waals surface area contributed by atoms with Crippen molar-refractivity contribution in [1.82, 2.24) is 0 Å². The molecule has 0 spiro atoms. The van der Waals surface area contributed by atoms with Crippen molar-refractivity contribution in [3.63, 3.8) is 0 Å². The Morgan fingerprint density at radius 3 is 2.09 bits per heavy atom. The monoisotopic (exact) mass is 326 g/mol. The minimum atomic E-state index is -2.73. The molecule has 7 heteroatoms. The number of hydrogen-bond acceptors (Lipinski definition) is 6. The minimum absolute atomic E-state index is 0.0657. The van der Waals surface area contributed by atoms with Gasteiger partial charge in [-0.25, -0.2) is 14.0 Å². The third-order valence-electron chi connectivity index (χ3n) is 3.12. The SMILES string of the molecule is CCOC(=O)C(O)(CC(=O)c1ccc(F)c(C)c1)C(=O)OCC. The van der Waals surface area contributed by atoms with Crippen LogP contribution < -0.4 is 0 Å². The van der Waals surface area contributed by atoms with Gasteiger partial charge in [-0.1, -0.05) is 0 Å². The normalized spacial score (nSPS) is 11.0. The van der Waals surface area contributed by atoms with Crippen LogP contribution in [0.1, 0.15) is 36.2 Å². The third-order valence-corrected chi connectivity index (χ3v) is 3.12. The van der Waals surface area contributed by atoms with E-state index in [0.717, 1.165) is 6.07 Å². The lowest BCUT2D eigenvalue weighted by atomic mass is 9.93. The fourth-order valence-electron chi connectivity index (χ4n) is 1.88. The summed E-state index contributed by atoms with van der Waals surface area (Å²) in [4.78, 5) is 36.0. The molecule has 0 radical (unpaired) electrons. The van der Waals surface area contributed by atoms with Crippen molar-refractivity contribution in [3.8, 4) is 0 Å². The van der Waals surface area contributed by atoms with Crippen LogP contribution in [-0.2, 0) is 19.1 Å². The van der Waals surface area contributed by atoms with E-state index in [-0.39, 0.29) is 24.3 Å². The molecule has 0 bridgehead atoms. The Balaban J connectivity index is 3.08. The molecule has 1 rings (SSSR count). The molecule has 6 nitrogen and oxygen atoms in total. The molecule has 1 aromatic rings. The van der Waals surface area contributed by atoms with Gasteiger partial charge in [0.05, 0.1) is 19.6 Å². The lowest BCUT2D eigenvalue weighted by Gasteiger charge is -2.23. The summed E-state index contributed by atoms with van der Waals surface area (Å²) < 4.78 is 22.6. The standard InChI is InChI=1S/C16H19FO6/c1-4-22-14(19)16(21,15(20)23-5-2)9-13(18)11-6-7-12(17)10(3)8-11/h6-8,21H,4-5,9H2,1-3H3. The topological polar surface area (TPSA) is 89.9 Å². The predicted octanol–water partition coefficient (Wildman–Crippen LogP) is 1.56. The molecule has 126 valence electrons. The van der Waals surface area contributed by atoms with E-state index in [4.69, 9.17) is 0 Å². The van der Waals surface area contributed by atoms with Crippen molar-refractivity contribution in [2.75, 3.05) is 13.2 Å². The van der Waals surface area contributed by atoms with Gasteiger partial charge >= 0.3 is 11.9 Å². The fraction of sp³-hybridized carbons (Fsp3) is 0.438. The summed E-state index contributed by atoms with van der Waals surface area (Å²) in [6, 6.07) is 3.58. The first-order chi connectivity index (χ1) is 10.8. The largest absolute Gasteiger partial charge is 0.463 e. The lowest BCUT2D eigenvalue weighted by Crippen LogP contribution is -2.50. The van der Waals surface area contributed by atoms with E-state index in [1.807, 2.05) is 0 Å². The van der Waals surface area contributed by atoms with Gasteiger partial charge in [0.1, 0.15) is 5.82 Å². The predicted molar refractivity (Wildman–Crippen MR) is 78.3 cm³/mol. The zero-order chi connectivity index (χ0) is 17.6. The van der Waals surface area contributed by atoms with Crippen molar-refractivity contribution in [2.24, 2.45) is 0 Å². The van der Waals surface area contributed by atoms with Crippen LogP contribution >= 0.6 is 0 Å². The van der Waals surface area contributed by atoms with Crippen molar-refractivity contribution in [3.05, 3.63) is 35.1 Å². The zero-order valence-corrected chi connectivity index (χ0v) is 13.2. The summed E-state index contributed by atoms with van der Waals surface area (Å²) in [6.07, 6.45) is -0.851. The highest BCUT2D eigenvalue weighted by molar-refractivity contribution is 6.10. The van der Waals surface area contributed by atoms with Crippen molar-refractivity contribution in [2.45, 2.75) is 32.8 Å². The van der Waals surface area contributed by atoms with E-state index in [1.54, 1.807) is 0 Å². The number of hydrogen-bond donors (Lipinski definition) is 1. The van der Waals surface area contributed by atoms with E-state index in [9.17, 15) is 23.9 Å². The fourth-order valence-corrected chi connectivity index (χ4v) is 1.88. The van der Waals surface area contributed by atoms with Crippen molar-refractivity contribution < 1.29 is 33.4 Å². The first kappa shape index (κ1) is 18.8. The van der Waals surface area contributed by atoms with Crippen molar-refractivity contribution >= 4 is 17.7 Å².